The molecule has 0 saturated carbocycles. The van der Waals surface area contributed by atoms with Gasteiger partial charge in [-0.05, 0) is 57.9 Å². The van der Waals surface area contributed by atoms with Crippen LogP contribution in [0.2, 0.25) is 0 Å². The fraction of sp³-hybridized carbons (Fsp3) is 1.00. The summed E-state index contributed by atoms with van der Waals surface area (Å²) >= 11 is 0. The molecule has 5 heteroatoms. The van der Waals surface area contributed by atoms with Gasteiger partial charge in [-0.1, -0.05) is 6.42 Å². The lowest BCUT2D eigenvalue weighted by molar-refractivity contribution is 0.398. The molecule has 0 aliphatic carbocycles. The normalized spacial score (nSPS) is 21.9. The molecule has 6 N–H and O–H groups in total. The van der Waals surface area contributed by atoms with Crippen molar-refractivity contribution >= 4 is 0 Å². The Morgan fingerprint density at radius 3 is 1.89 bits per heavy atom. The molecule has 0 atom stereocenters. The Labute approximate surface area is 118 Å². The lowest BCUT2D eigenvalue weighted by Gasteiger charge is -2.19. The third kappa shape index (κ3) is 10.3. The van der Waals surface area contributed by atoms with Crippen molar-refractivity contribution in [2.45, 2.75) is 25.7 Å². The Kier molecular flexibility index (Phi) is 11.4. The van der Waals surface area contributed by atoms with Crippen LogP contribution in [0.15, 0.2) is 0 Å². The first-order valence-corrected chi connectivity index (χ1v) is 7.96. The topological polar surface area (TPSA) is 74.1 Å². The van der Waals surface area contributed by atoms with Crippen LogP contribution in [-0.4, -0.2) is 58.9 Å². The Balaban J connectivity index is 2.19. The van der Waals surface area contributed by atoms with Crippen molar-refractivity contribution in [3.05, 3.63) is 0 Å². The van der Waals surface area contributed by atoms with Crippen molar-refractivity contribution in [1.82, 2.24) is 21.3 Å². The van der Waals surface area contributed by atoms with Gasteiger partial charge in [-0.2, -0.15) is 0 Å². The van der Waals surface area contributed by atoms with Crippen LogP contribution in [0.5, 0.6) is 0 Å². The molecular weight excluding hydrogens is 238 g/mol. The quantitative estimate of drug-likeness (QED) is 0.446. The lowest BCUT2D eigenvalue weighted by atomic mass is 10.0. The monoisotopic (exact) mass is 271 g/mol. The van der Waals surface area contributed by atoms with Gasteiger partial charge in [0.1, 0.15) is 0 Å². The average Bonchev–Trinajstić information content (AvgIpc) is 2.43. The van der Waals surface area contributed by atoms with Crippen LogP contribution in [0.3, 0.4) is 0 Å². The van der Waals surface area contributed by atoms with Gasteiger partial charge in [-0.15, -0.1) is 0 Å². The predicted octanol–water partition coefficient (Wildman–Crippen LogP) is -0.506. The maximum absolute atomic E-state index is 5.57. The minimum atomic E-state index is 0.731. The number of unbranched alkanes of at least 4 members (excludes halogenated alkanes) is 1. The highest BCUT2D eigenvalue weighted by molar-refractivity contribution is 4.68. The van der Waals surface area contributed by atoms with E-state index in [2.05, 4.69) is 21.3 Å². The predicted molar refractivity (Wildman–Crippen MR) is 82.5 cm³/mol. The molecule has 0 spiro atoms. The van der Waals surface area contributed by atoms with E-state index in [9.17, 15) is 0 Å². The summed E-state index contributed by atoms with van der Waals surface area (Å²) in [5, 5.41) is 14.1. The molecule has 1 aliphatic heterocycles. The van der Waals surface area contributed by atoms with Crippen LogP contribution >= 0.6 is 0 Å². The summed E-state index contributed by atoms with van der Waals surface area (Å²) in [6.07, 6.45) is 4.89. The number of hydrogen-bond donors (Lipinski definition) is 5. The van der Waals surface area contributed by atoms with Crippen molar-refractivity contribution in [2.75, 3.05) is 58.9 Å². The molecule has 5 nitrogen and oxygen atoms in total. The van der Waals surface area contributed by atoms with Gasteiger partial charge >= 0.3 is 0 Å². The van der Waals surface area contributed by atoms with Gasteiger partial charge in [0.15, 0.2) is 0 Å². The zero-order valence-corrected chi connectivity index (χ0v) is 12.3. The van der Waals surface area contributed by atoms with Gasteiger partial charge < -0.3 is 27.0 Å². The Morgan fingerprint density at radius 1 is 0.737 bits per heavy atom. The molecule has 0 amide bonds. The molecule has 1 aliphatic rings. The second kappa shape index (κ2) is 12.8. The molecule has 0 radical (unpaired) electrons. The van der Waals surface area contributed by atoms with E-state index < -0.39 is 0 Å². The molecular formula is C14H33N5. The molecule has 1 heterocycles. The third-order valence-electron chi connectivity index (χ3n) is 3.60. The summed E-state index contributed by atoms with van der Waals surface area (Å²) in [6, 6.07) is 0. The minimum absolute atomic E-state index is 0.731. The Hall–Kier alpha value is -0.200. The highest BCUT2D eigenvalue weighted by Crippen LogP contribution is 2.06. The SMILES string of the molecule is NCCCCC1CNCCNCCCNCCNC1. The number of nitrogens with two attached hydrogens (primary N) is 1. The fourth-order valence-electron chi connectivity index (χ4n) is 2.41. The zero-order valence-electron chi connectivity index (χ0n) is 12.3. The zero-order chi connectivity index (χ0) is 13.6. The van der Waals surface area contributed by atoms with Gasteiger partial charge in [-0.3, -0.25) is 0 Å². The second-order valence-electron chi connectivity index (χ2n) is 5.41. The van der Waals surface area contributed by atoms with Crippen LogP contribution in [0.4, 0.5) is 0 Å². The molecule has 1 rings (SSSR count). The maximum atomic E-state index is 5.57. The largest absolute Gasteiger partial charge is 0.330 e. The van der Waals surface area contributed by atoms with Crippen molar-refractivity contribution in [3.8, 4) is 0 Å². The van der Waals surface area contributed by atoms with Crippen LogP contribution in [-0.2, 0) is 0 Å². The molecule has 0 unspecified atom stereocenters. The highest BCUT2D eigenvalue weighted by atomic mass is 15.0. The Bertz CT molecular complexity index is 175. The van der Waals surface area contributed by atoms with Crippen LogP contribution in [0.1, 0.15) is 25.7 Å². The second-order valence-corrected chi connectivity index (χ2v) is 5.41. The summed E-state index contributed by atoms with van der Waals surface area (Å²) < 4.78 is 0. The van der Waals surface area contributed by atoms with Crippen LogP contribution in [0, 0.1) is 5.92 Å². The van der Waals surface area contributed by atoms with E-state index in [0.29, 0.717) is 0 Å². The first-order chi connectivity index (χ1) is 9.43. The van der Waals surface area contributed by atoms with E-state index in [4.69, 9.17) is 5.73 Å². The summed E-state index contributed by atoms with van der Waals surface area (Å²) in [6.45, 7) is 9.57. The number of nitrogens with one attached hydrogen (secondary N) is 4. The van der Waals surface area contributed by atoms with Crippen molar-refractivity contribution in [3.63, 3.8) is 0 Å². The number of hydrogen-bond acceptors (Lipinski definition) is 5. The standard InChI is InChI=1S/C14H33N5/c15-5-2-1-4-14-12-18-10-8-16-6-3-7-17-9-11-19-13-14/h14,16-19H,1-13,15H2. The van der Waals surface area contributed by atoms with E-state index in [0.717, 1.165) is 71.2 Å². The smallest absolute Gasteiger partial charge is 0.00768 e. The van der Waals surface area contributed by atoms with Crippen molar-refractivity contribution in [2.24, 2.45) is 11.7 Å². The van der Waals surface area contributed by atoms with Crippen LogP contribution < -0.4 is 27.0 Å². The molecule has 0 aromatic heterocycles. The van der Waals surface area contributed by atoms with E-state index in [1.54, 1.807) is 0 Å². The first kappa shape index (κ1) is 16.9. The molecule has 1 saturated heterocycles. The van der Waals surface area contributed by atoms with Crippen molar-refractivity contribution < 1.29 is 0 Å². The summed E-state index contributed by atoms with van der Waals surface area (Å²) in [4.78, 5) is 0. The van der Waals surface area contributed by atoms with Gasteiger partial charge in [0.2, 0.25) is 0 Å². The van der Waals surface area contributed by atoms with Gasteiger partial charge in [0.25, 0.3) is 0 Å². The minimum Gasteiger partial charge on any atom is -0.330 e. The molecule has 0 aromatic rings. The molecule has 19 heavy (non-hydrogen) atoms. The number of rotatable bonds is 4. The van der Waals surface area contributed by atoms with Crippen LogP contribution in [0.25, 0.3) is 0 Å². The molecule has 0 bridgehead atoms. The van der Waals surface area contributed by atoms with E-state index in [-0.39, 0.29) is 0 Å². The fourth-order valence-corrected chi connectivity index (χ4v) is 2.41. The van der Waals surface area contributed by atoms with E-state index in [1.165, 1.54) is 19.3 Å². The Morgan fingerprint density at radius 2 is 1.32 bits per heavy atom. The van der Waals surface area contributed by atoms with Gasteiger partial charge in [-0.25, -0.2) is 0 Å². The summed E-state index contributed by atoms with van der Waals surface area (Å²) in [5.41, 5.74) is 5.57. The highest BCUT2D eigenvalue weighted by Gasteiger charge is 2.07. The summed E-state index contributed by atoms with van der Waals surface area (Å²) in [5.74, 6) is 0.731. The summed E-state index contributed by atoms with van der Waals surface area (Å²) in [7, 11) is 0. The van der Waals surface area contributed by atoms with E-state index >= 15 is 0 Å². The molecule has 1 fully saturated rings. The first-order valence-electron chi connectivity index (χ1n) is 7.96. The van der Waals surface area contributed by atoms with Gasteiger partial charge in [0.05, 0.1) is 0 Å². The molecule has 114 valence electrons. The van der Waals surface area contributed by atoms with E-state index in [1.807, 2.05) is 0 Å². The van der Waals surface area contributed by atoms with Gasteiger partial charge in [0, 0.05) is 26.2 Å². The third-order valence-corrected chi connectivity index (χ3v) is 3.60. The molecule has 0 aromatic carbocycles. The van der Waals surface area contributed by atoms with Crippen molar-refractivity contribution in [1.29, 1.82) is 0 Å². The average molecular weight is 271 g/mol. The maximum Gasteiger partial charge on any atom is 0.00768 e. The lowest BCUT2D eigenvalue weighted by Crippen LogP contribution is -2.38.